The topological polar surface area (TPSA) is 52.3 Å². The molecule has 0 aliphatic heterocycles. The number of hydrogen-bond donors (Lipinski definition) is 0. The summed E-state index contributed by atoms with van der Waals surface area (Å²) in [5.41, 5.74) is 2.91. The van der Waals surface area contributed by atoms with E-state index in [1.165, 1.54) is 5.56 Å². The van der Waals surface area contributed by atoms with Crippen LogP contribution >= 0.6 is 0 Å². The van der Waals surface area contributed by atoms with E-state index >= 15 is 0 Å². The van der Waals surface area contributed by atoms with Crippen LogP contribution in [-0.2, 0) is 0 Å². The van der Waals surface area contributed by atoms with Gasteiger partial charge in [-0.05, 0) is 23.3 Å². The van der Waals surface area contributed by atoms with Crippen molar-refractivity contribution < 1.29 is 4.74 Å². The average molecular weight is 288 g/mol. The predicted octanol–water partition coefficient (Wildman–Crippen LogP) is 3.58. The average Bonchev–Trinajstić information content (AvgIpc) is 3.06. The number of rotatable bonds is 3. The van der Waals surface area contributed by atoms with Crippen LogP contribution in [0.3, 0.4) is 0 Å². The van der Waals surface area contributed by atoms with Crippen molar-refractivity contribution in [3.05, 3.63) is 73.3 Å². The summed E-state index contributed by atoms with van der Waals surface area (Å²) >= 11 is 0. The van der Waals surface area contributed by atoms with Crippen molar-refractivity contribution in [2.75, 3.05) is 0 Å². The van der Waals surface area contributed by atoms with E-state index in [1.54, 1.807) is 23.1 Å². The Bertz CT molecular complexity index is 901. The first kappa shape index (κ1) is 12.5. The van der Waals surface area contributed by atoms with E-state index in [9.17, 15) is 0 Å². The summed E-state index contributed by atoms with van der Waals surface area (Å²) < 4.78 is 7.57. The van der Waals surface area contributed by atoms with Crippen LogP contribution in [0, 0.1) is 0 Å². The van der Waals surface area contributed by atoms with Crippen LogP contribution < -0.4 is 4.74 Å². The second-order valence-electron chi connectivity index (χ2n) is 4.79. The molecular weight excluding hydrogens is 276 g/mol. The molecule has 0 spiro atoms. The SMILES string of the molecule is c1ccc(-c2ccc(Oc3nccn4cnnc34)cc2)cc1. The first-order valence-corrected chi connectivity index (χ1v) is 6.88. The van der Waals surface area contributed by atoms with Gasteiger partial charge in [0.1, 0.15) is 12.1 Å². The largest absolute Gasteiger partial charge is 0.436 e. The maximum absolute atomic E-state index is 5.81. The van der Waals surface area contributed by atoms with Crippen molar-refractivity contribution in [2.45, 2.75) is 0 Å². The molecule has 0 unspecified atom stereocenters. The van der Waals surface area contributed by atoms with Gasteiger partial charge in [0, 0.05) is 12.4 Å². The van der Waals surface area contributed by atoms with E-state index in [0.29, 0.717) is 17.3 Å². The van der Waals surface area contributed by atoms with Crippen molar-refractivity contribution in [1.82, 2.24) is 19.6 Å². The third kappa shape index (κ3) is 2.29. The van der Waals surface area contributed by atoms with Gasteiger partial charge in [0.05, 0.1) is 0 Å². The third-order valence-electron chi connectivity index (χ3n) is 3.36. The Balaban J connectivity index is 1.63. The zero-order valence-electron chi connectivity index (χ0n) is 11.6. The summed E-state index contributed by atoms with van der Waals surface area (Å²) in [6.45, 7) is 0. The normalized spacial score (nSPS) is 10.7. The number of hydrogen-bond acceptors (Lipinski definition) is 4. The fourth-order valence-corrected chi connectivity index (χ4v) is 2.27. The first-order chi connectivity index (χ1) is 10.9. The highest BCUT2D eigenvalue weighted by Gasteiger charge is 2.07. The molecule has 0 N–H and O–H groups in total. The molecule has 0 fully saturated rings. The lowest BCUT2D eigenvalue weighted by Gasteiger charge is -2.06. The molecule has 22 heavy (non-hydrogen) atoms. The minimum Gasteiger partial charge on any atom is -0.436 e. The third-order valence-corrected chi connectivity index (χ3v) is 3.36. The Morgan fingerprint density at radius 3 is 2.45 bits per heavy atom. The lowest BCUT2D eigenvalue weighted by molar-refractivity contribution is 0.465. The smallest absolute Gasteiger partial charge is 0.265 e. The minimum absolute atomic E-state index is 0.437. The molecule has 0 aliphatic carbocycles. The lowest BCUT2D eigenvalue weighted by Crippen LogP contribution is -1.93. The molecule has 2 aromatic carbocycles. The molecule has 0 saturated carbocycles. The van der Waals surface area contributed by atoms with Gasteiger partial charge in [-0.15, -0.1) is 10.2 Å². The van der Waals surface area contributed by atoms with Gasteiger partial charge in [0.2, 0.25) is 5.65 Å². The minimum atomic E-state index is 0.437. The Labute approximate surface area is 126 Å². The van der Waals surface area contributed by atoms with Gasteiger partial charge in [0.25, 0.3) is 5.88 Å². The van der Waals surface area contributed by atoms with Crippen LogP contribution in [0.1, 0.15) is 0 Å². The molecule has 106 valence electrons. The zero-order chi connectivity index (χ0) is 14.8. The Hall–Kier alpha value is -3.21. The van der Waals surface area contributed by atoms with Crippen LogP contribution in [0.25, 0.3) is 16.8 Å². The molecule has 5 nitrogen and oxygen atoms in total. The van der Waals surface area contributed by atoms with Crippen molar-refractivity contribution in [3.8, 4) is 22.8 Å². The van der Waals surface area contributed by atoms with Crippen molar-refractivity contribution in [3.63, 3.8) is 0 Å². The van der Waals surface area contributed by atoms with Gasteiger partial charge in [0.15, 0.2) is 0 Å². The molecule has 0 saturated heterocycles. The van der Waals surface area contributed by atoms with E-state index in [4.69, 9.17) is 4.74 Å². The number of ether oxygens (including phenoxy) is 1. The maximum atomic E-state index is 5.81. The molecule has 0 aliphatic rings. The Morgan fingerprint density at radius 1 is 0.864 bits per heavy atom. The molecule has 0 bridgehead atoms. The molecule has 0 radical (unpaired) electrons. The van der Waals surface area contributed by atoms with Crippen LogP contribution in [0.5, 0.6) is 11.6 Å². The number of nitrogens with zero attached hydrogens (tertiary/aromatic N) is 4. The monoisotopic (exact) mass is 288 g/mol. The zero-order valence-corrected chi connectivity index (χ0v) is 11.6. The van der Waals surface area contributed by atoms with E-state index in [0.717, 1.165) is 5.56 Å². The number of aromatic nitrogens is 4. The molecule has 2 heterocycles. The molecule has 4 rings (SSSR count). The molecular formula is C17H12N4O. The Morgan fingerprint density at radius 2 is 1.64 bits per heavy atom. The summed E-state index contributed by atoms with van der Waals surface area (Å²) in [7, 11) is 0. The number of fused-ring (bicyclic) bond motifs is 1. The first-order valence-electron chi connectivity index (χ1n) is 6.88. The Kier molecular flexibility index (Phi) is 3.01. The summed E-state index contributed by atoms with van der Waals surface area (Å²) in [4.78, 5) is 4.21. The predicted molar refractivity (Wildman–Crippen MR) is 82.7 cm³/mol. The quantitative estimate of drug-likeness (QED) is 0.578. The van der Waals surface area contributed by atoms with Gasteiger partial charge in [-0.2, -0.15) is 0 Å². The molecule has 0 atom stereocenters. The summed E-state index contributed by atoms with van der Waals surface area (Å²) in [6, 6.07) is 18.1. The van der Waals surface area contributed by atoms with Crippen LogP contribution in [0.15, 0.2) is 73.3 Å². The lowest BCUT2D eigenvalue weighted by atomic mass is 10.1. The molecule has 5 heteroatoms. The van der Waals surface area contributed by atoms with E-state index in [1.807, 2.05) is 42.5 Å². The van der Waals surface area contributed by atoms with Crippen LogP contribution in [0.4, 0.5) is 0 Å². The van der Waals surface area contributed by atoms with Gasteiger partial charge in [-0.1, -0.05) is 42.5 Å². The van der Waals surface area contributed by atoms with Crippen LogP contribution in [-0.4, -0.2) is 19.6 Å². The van der Waals surface area contributed by atoms with Crippen LogP contribution in [0.2, 0.25) is 0 Å². The van der Waals surface area contributed by atoms with E-state index in [2.05, 4.69) is 27.3 Å². The van der Waals surface area contributed by atoms with Crippen molar-refractivity contribution in [1.29, 1.82) is 0 Å². The highest BCUT2D eigenvalue weighted by molar-refractivity contribution is 5.64. The van der Waals surface area contributed by atoms with Crippen molar-refractivity contribution >= 4 is 5.65 Å². The second-order valence-corrected chi connectivity index (χ2v) is 4.79. The van der Waals surface area contributed by atoms with Gasteiger partial charge < -0.3 is 4.74 Å². The number of benzene rings is 2. The van der Waals surface area contributed by atoms with Crippen molar-refractivity contribution in [2.24, 2.45) is 0 Å². The highest BCUT2D eigenvalue weighted by atomic mass is 16.5. The molecule has 4 aromatic rings. The highest BCUT2D eigenvalue weighted by Crippen LogP contribution is 2.26. The molecule has 2 aromatic heterocycles. The summed E-state index contributed by atoms with van der Waals surface area (Å²) in [6.07, 6.45) is 5.05. The fourth-order valence-electron chi connectivity index (χ4n) is 2.27. The maximum Gasteiger partial charge on any atom is 0.265 e. The standard InChI is InChI=1S/C17H12N4O/c1-2-4-13(5-3-1)14-6-8-15(9-7-14)22-17-16-20-19-12-21(16)11-10-18-17/h1-12H. The van der Waals surface area contributed by atoms with E-state index in [-0.39, 0.29) is 0 Å². The fraction of sp³-hybridized carbons (Fsp3) is 0. The second kappa shape index (κ2) is 5.29. The van der Waals surface area contributed by atoms with Gasteiger partial charge in [-0.3, -0.25) is 4.40 Å². The van der Waals surface area contributed by atoms with Gasteiger partial charge >= 0.3 is 0 Å². The summed E-state index contributed by atoms with van der Waals surface area (Å²) in [5, 5.41) is 7.86. The van der Waals surface area contributed by atoms with Gasteiger partial charge in [-0.25, -0.2) is 4.98 Å². The summed E-state index contributed by atoms with van der Waals surface area (Å²) in [5.74, 6) is 1.15. The van der Waals surface area contributed by atoms with E-state index < -0.39 is 0 Å². The molecule has 0 amide bonds.